The molecule has 0 fully saturated rings. The minimum Gasteiger partial charge on any atom is -0.382 e. The van der Waals surface area contributed by atoms with Gasteiger partial charge < -0.3 is 5.73 Å². The minimum absolute atomic E-state index is 0.257. The molecule has 0 amide bonds. The number of hydrogen-bond donors (Lipinski definition) is 1. The molecule has 0 spiro atoms. The fourth-order valence-corrected chi connectivity index (χ4v) is 3.86. The molecule has 0 radical (unpaired) electrons. The molecule has 0 saturated carbocycles. The van der Waals surface area contributed by atoms with E-state index in [1.165, 1.54) is 6.07 Å². The summed E-state index contributed by atoms with van der Waals surface area (Å²) < 4.78 is 38.3. The molecule has 3 rings (SSSR count). The first-order valence-corrected chi connectivity index (χ1v) is 10.5. The van der Waals surface area contributed by atoms with Crippen LogP contribution in [-0.4, -0.2) is 23.6 Å². The maximum absolute atomic E-state index is 13.8. The summed E-state index contributed by atoms with van der Waals surface area (Å²) in [5, 5.41) is -0.486. The molecular formula is C21H22FN3O2S. The summed E-state index contributed by atoms with van der Waals surface area (Å²) in [5.41, 5.74) is 8.44. The van der Waals surface area contributed by atoms with Gasteiger partial charge in [-0.3, -0.25) is 0 Å². The average Bonchev–Trinajstić information content (AvgIpc) is 2.68. The summed E-state index contributed by atoms with van der Waals surface area (Å²) in [6, 6.07) is 13.1. The van der Waals surface area contributed by atoms with Crippen LogP contribution in [0.5, 0.6) is 0 Å². The number of nitrogen functional groups attached to an aromatic ring is 1. The van der Waals surface area contributed by atoms with Crippen LogP contribution >= 0.6 is 0 Å². The van der Waals surface area contributed by atoms with Crippen LogP contribution in [0.3, 0.4) is 0 Å². The second-order valence-corrected chi connectivity index (χ2v) is 9.30. The third-order valence-corrected chi connectivity index (χ3v) is 6.74. The van der Waals surface area contributed by atoms with Gasteiger partial charge >= 0.3 is 0 Å². The summed E-state index contributed by atoms with van der Waals surface area (Å²) in [6.07, 6.45) is 2.46. The molecule has 0 aliphatic heterocycles. The lowest BCUT2D eigenvalue weighted by Gasteiger charge is -2.10. The summed E-state index contributed by atoms with van der Waals surface area (Å²) in [6.45, 7) is 3.30. The van der Waals surface area contributed by atoms with Crippen molar-refractivity contribution in [1.29, 1.82) is 0 Å². The number of anilines is 1. The zero-order valence-corrected chi connectivity index (χ0v) is 16.6. The van der Waals surface area contributed by atoms with Crippen LogP contribution in [0.15, 0.2) is 59.6 Å². The topological polar surface area (TPSA) is 85.9 Å². The number of rotatable bonds is 6. The van der Waals surface area contributed by atoms with Gasteiger partial charge in [0.15, 0.2) is 9.84 Å². The second kappa shape index (κ2) is 8.06. The molecule has 2 aromatic carbocycles. The van der Waals surface area contributed by atoms with Crippen LogP contribution in [0.25, 0.3) is 11.3 Å². The van der Waals surface area contributed by atoms with Crippen molar-refractivity contribution in [1.82, 2.24) is 9.97 Å². The van der Waals surface area contributed by atoms with E-state index < -0.39 is 15.1 Å². The Morgan fingerprint density at radius 3 is 2.36 bits per heavy atom. The molecule has 0 bridgehead atoms. The van der Waals surface area contributed by atoms with Crippen molar-refractivity contribution in [3.8, 4) is 11.3 Å². The summed E-state index contributed by atoms with van der Waals surface area (Å²) >= 11 is 0. The maximum atomic E-state index is 13.8. The maximum Gasteiger partial charge on any atom is 0.180 e. The Kier molecular flexibility index (Phi) is 5.74. The predicted molar refractivity (Wildman–Crippen MR) is 108 cm³/mol. The van der Waals surface area contributed by atoms with E-state index in [1.807, 2.05) is 0 Å². The van der Waals surface area contributed by atoms with E-state index in [9.17, 15) is 12.8 Å². The Morgan fingerprint density at radius 1 is 1.04 bits per heavy atom. The van der Waals surface area contributed by atoms with Gasteiger partial charge in [-0.2, -0.15) is 0 Å². The van der Waals surface area contributed by atoms with Gasteiger partial charge in [0.1, 0.15) is 11.6 Å². The molecule has 146 valence electrons. The van der Waals surface area contributed by atoms with E-state index in [2.05, 4.69) is 9.97 Å². The van der Waals surface area contributed by atoms with E-state index in [1.54, 1.807) is 62.5 Å². The van der Waals surface area contributed by atoms with Crippen LogP contribution in [-0.2, 0) is 22.7 Å². The number of aryl methyl sites for hydroxylation is 2. The number of sulfone groups is 1. The van der Waals surface area contributed by atoms with Gasteiger partial charge in [-0.15, -0.1) is 0 Å². The highest BCUT2D eigenvalue weighted by Gasteiger charge is 2.19. The predicted octanol–water partition coefficient (Wildman–Crippen LogP) is 3.83. The Bertz CT molecular complexity index is 1080. The fourth-order valence-electron chi connectivity index (χ4n) is 2.80. The number of halogens is 1. The Balaban J connectivity index is 1.84. The SMILES string of the molecule is CC(C)S(=O)(=O)c1ccc(-c2cnc(N)c(CCc3ccccc3F)n2)cc1. The number of nitrogens with two attached hydrogens (primary N) is 1. The molecule has 0 aliphatic carbocycles. The van der Waals surface area contributed by atoms with Crippen LogP contribution < -0.4 is 5.73 Å². The largest absolute Gasteiger partial charge is 0.382 e. The van der Waals surface area contributed by atoms with Gasteiger partial charge in [0, 0.05) is 5.56 Å². The van der Waals surface area contributed by atoms with Gasteiger partial charge in [0.25, 0.3) is 0 Å². The summed E-state index contributed by atoms with van der Waals surface area (Å²) in [4.78, 5) is 9.02. The van der Waals surface area contributed by atoms with Crippen molar-refractivity contribution in [3.05, 3.63) is 71.8 Å². The number of benzene rings is 2. The van der Waals surface area contributed by atoms with Crippen molar-refractivity contribution in [2.24, 2.45) is 0 Å². The molecule has 0 aliphatic rings. The third-order valence-electron chi connectivity index (χ3n) is 4.57. The van der Waals surface area contributed by atoms with E-state index in [4.69, 9.17) is 5.73 Å². The molecule has 1 heterocycles. The van der Waals surface area contributed by atoms with Crippen LogP contribution in [0.1, 0.15) is 25.1 Å². The first kappa shape index (κ1) is 19.9. The molecule has 0 saturated heterocycles. The Hall–Kier alpha value is -2.80. The van der Waals surface area contributed by atoms with E-state index >= 15 is 0 Å². The van der Waals surface area contributed by atoms with Gasteiger partial charge in [0.2, 0.25) is 0 Å². The first-order chi connectivity index (χ1) is 13.3. The van der Waals surface area contributed by atoms with Crippen LogP contribution in [0.4, 0.5) is 10.2 Å². The first-order valence-electron chi connectivity index (χ1n) is 8.98. The molecule has 2 N–H and O–H groups in total. The van der Waals surface area contributed by atoms with E-state index in [-0.39, 0.29) is 10.7 Å². The smallest absolute Gasteiger partial charge is 0.180 e. The van der Waals surface area contributed by atoms with Crippen LogP contribution in [0, 0.1) is 5.82 Å². The highest BCUT2D eigenvalue weighted by molar-refractivity contribution is 7.92. The number of hydrogen-bond acceptors (Lipinski definition) is 5. The third kappa shape index (κ3) is 4.20. The highest BCUT2D eigenvalue weighted by atomic mass is 32.2. The molecule has 5 nitrogen and oxygen atoms in total. The zero-order valence-electron chi connectivity index (χ0n) is 15.8. The van der Waals surface area contributed by atoms with Crippen molar-refractivity contribution in [3.63, 3.8) is 0 Å². The summed E-state index contributed by atoms with van der Waals surface area (Å²) in [5.74, 6) is 0.0474. The molecule has 3 aromatic rings. The Labute approximate surface area is 164 Å². The lowest BCUT2D eigenvalue weighted by molar-refractivity contribution is 0.587. The van der Waals surface area contributed by atoms with Gasteiger partial charge in [0.05, 0.1) is 27.7 Å². The fraction of sp³-hybridized carbons (Fsp3) is 0.238. The van der Waals surface area contributed by atoms with Crippen LogP contribution in [0.2, 0.25) is 0 Å². The standard InChI is InChI=1S/C21H22FN3O2S/c1-14(2)28(26,27)17-10-7-16(8-11-17)20-13-24-21(23)19(25-20)12-9-15-5-3-4-6-18(15)22/h3-8,10-11,13-14H,9,12H2,1-2H3,(H2,23,24). The van der Waals surface area contributed by atoms with Crippen molar-refractivity contribution in [2.45, 2.75) is 36.8 Å². The van der Waals surface area contributed by atoms with Gasteiger partial charge in [-0.1, -0.05) is 30.3 Å². The van der Waals surface area contributed by atoms with Gasteiger partial charge in [-0.05, 0) is 50.5 Å². The average molecular weight is 399 g/mol. The minimum atomic E-state index is -3.33. The zero-order chi connectivity index (χ0) is 20.3. The van der Waals surface area contributed by atoms with Gasteiger partial charge in [-0.25, -0.2) is 22.8 Å². The van der Waals surface area contributed by atoms with Crippen molar-refractivity contribution >= 4 is 15.7 Å². The molecule has 0 unspecified atom stereocenters. The normalized spacial score (nSPS) is 11.7. The molecular weight excluding hydrogens is 377 g/mol. The van der Waals surface area contributed by atoms with Crippen molar-refractivity contribution < 1.29 is 12.8 Å². The molecule has 28 heavy (non-hydrogen) atoms. The quantitative estimate of drug-likeness (QED) is 0.681. The summed E-state index contributed by atoms with van der Waals surface area (Å²) in [7, 11) is -3.33. The molecule has 1 aromatic heterocycles. The highest BCUT2D eigenvalue weighted by Crippen LogP contribution is 2.23. The lowest BCUT2D eigenvalue weighted by atomic mass is 10.1. The Morgan fingerprint density at radius 2 is 1.71 bits per heavy atom. The van der Waals surface area contributed by atoms with E-state index in [0.717, 1.165) is 5.56 Å². The monoisotopic (exact) mass is 399 g/mol. The van der Waals surface area contributed by atoms with E-state index in [0.29, 0.717) is 35.6 Å². The van der Waals surface area contributed by atoms with Crippen molar-refractivity contribution in [2.75, 3.05) is 5.73 Å². The second-order valence-electron chi connectivity index (χ2n) is 6.80. The lowest BCUT2D eigenvalue weighted by Crippen LogP contribution is -2.13. The number of aromatic nitrogens is 2. The number of nitrogens with zero attached hydrogens (tertiary/aromatic N) is 2. The molecule has 7 heteroatoms. The molecule has 0 atom stereocenters.